The molecule has 0 saturated heterocycles. The smallest absolute Gasteiger partial charge is 0 e. The molecule has 1 heteroatoms. The van der Waals surface area contributed by atoms with E-state index in [1.807, 2.05) is 0 Å². The molecule has 2 aliphatic rings. The van der Waals surface area contributed by atoms with Gasteiger partial charge in [0, 0.05) is 16.8 Å². The second-order valence-electron chi connectivity index (χ2n) is 3.29. The Labute approximate surface area is 91.3 Å². The van der Waals surface area contributed by atoms with Gasteiger partial charge in [0.1, 0.15) is 0 Å². The van der Waals surface area contributed by atoms with Crippen molar-refractivity contribution in [2.45, 2.75) is 26.7 Å². The molecule has 0 amide bonds. The van der Waals surface area contributed by atoms with E-state index in [1.165, 1.54) is 24.0 Å². The van der Waals surface area contributed by atoms with Crippen molar-refractivity contribution in [3.8, 4) is 0 Å². The van der Waals surface area contributed by atoms with Crippen molar-refractivity contribution in [1.29, 1.82) is 0 Å². The van der Waals surface area contributed by atoms with Crippen LogP contribution >= 0.6 is 0 Å². The minimum absolute atomic E-state index is 0. The van der Waals surface area contributed by atoms with Crippen LogP contribution in [0, 0.1) is 0 Å². The molecule has 0 atom stereocenters. The summed E-state index contributed by atoms with van der Waals surface area (Å²) in [5.41, 5.74) is 2.94. The first-order valence-electron chi connectivity index (χ1n) is 4.43. The van der Waals surface area contributed by atoms with Crippen LogP contribution in [0.2, 0.25) is 0 Å². The zero-order chi connectivity index (χ0) is 8.81. The van der Waals surface area contributed by atoms with E-state index in [-0.39, 0.29) is 16.8 Å². The van der Waals surface area contributed by atoms with Crippen molar-refractivity contribution in [2.75, 3.05) is 0 Å². The third kappa shape index (κ3) is 5.67. The van der Waals surface area contributed by atoms with Crippen LogP contribution in [0.4, 0.5) is 0 Å². The van der Waals surface area contributed by atoms with E-state index in [1.54, 1.807) is 0 Å². The van der Waals surface area contributed by atoms with Crippen molar-refractivity contribution in [1.82, 2.24) is 0 Å². The fourth-order valence-electron chi connectivity index (χ4n) is 1.11. The quantitative estimate of drug-likeness (QED) is 0.581. The Hall–Kier alpha value is -0.534. The maximum atomic E-state index is 2.16. The van der Waals surface area contributed by atoms with Gasteiger partial charge in [-0.25, -0.2) is 0 Å². The summed E-state index contributed by atoms with van der Waals surface area (Å²) >= 11 is 0. The second-order valence-corrected chi connectivity index (χ2v) is 3.29. The molecule has 0 fully saturated rings. The summed E-state index contributed by atoms with van der Waals surface area (Å²) < 4.78 is 0. The molecule has 0 saturated carbocycles. The number of hydrogen-bond donors (Lipinski definition) is 0. The normalized spacial score (nSPS) is 17.1. The average Bonchev–Trinajstić information content (AvgIpc) is 2.63. The summed E-state index contributed by atoms with van der Waals surface area (Å²) in [6, 6.07) is 0. The first-order chi connectivity index (χ1) is 5.79. The third-order valence-electron chi connectivity index (χ3n) is 1.91. The summed E-state index contributed by atoms with van der Waals surface area (Å²) in [7, 11) is 0. The minimum atomic E-state index is 0. The predicted octanol–water partition coefficient (Wildman–Crippen LogP) is 3.78. The van der Waals surface area contributed by atoms with Crippen molar-refractivity contribution in [2.24, 2.45) is 0 Å². The van der Waals surface area contributed by atoms with E-state index in [4.69, 9.17) is 0 Å². The van der Waals surface area contributed by atoms with Gasteiger partial charge in [-0.1, -0.05) is 47.6 Å². The standard InChI is InChI=1S/2C6H8.Co/c2*1-6-4-2-3-5-6;/h2*2-4H,5H2,1H3;. The van der Waals surface area contributed by atoms with Gasteiger partial charge in [-0.3, -0.25) is 0 Å². The molecule has 0 heterocycles. The second kappa shape index (κ2) is 6.93. The van der Waals surface area contributed by atoms with Crippen molar-refractivity contribution in [3.63, 3.8) is 0 Å². The molecule has 2 rings (SSSR count). The molecule has 0 aromatic carbocycles. The van der Waals surface area contributed by atoms with E-state index < -0.39 is 0 Å². The van der Waals surface area contributed by atoms with Gasteiger partial charge < -0.3 is 0 Å². The van der Waals surface area contributed by atoms with Gasteiger partial charge in [0.15, 0.2) is 0 Å². The largest absolute Gasteiger partial charge is 0.0805 e. The zero-order valence-electron chi connectivity index (χ0n) is 8.21. The van der Waals surface area contributed by atoms with Gasteiger partial charge >= 0.3 is 0 Å². The first-order valence-corrected chi connectivity index (χ1v) is 4.43. The van der Waals surface area contributed by atoms with Crippen LogP contribution in [0.1, 0.15) is 26.7 Å². The summed E-state index contributed by atoms with van der Waals surface area (Å²) in [5, 5.41) is 0. The molecule has 0 spiro atoms. The fraction of sp³-hybridized carbons (Fsp3) is 0.333. The average molecular weight is 219 g/mol. The van der Waals surface area contributed by atoms with E-state index in [0.717, 1.165) is 0 Å². The molecule has 0 aromatic heterocycles. The Kier molecular flexibility index (Phi) is 6.64. The van der Waals surface area contributed by atoms with Crippen molar-refractivity contribution >= 4 is 0 Å². The third-order valence-corrected chi connectivity index (χ3v) is 1.91. The molecule has 0 aliphatic heterocycles. The monoisotopic (exact) mass is 219 g/mol. The maximum Gasteiger partial charge on any atom is 0 e. The molecule has 13 heavy (non-hydrogen) atoms. The van der Waals surface area contributed by atoms with Crippen LogP contribution in [-0.2, 0) is 16.8 Å². The SMILES string of the molecule is CC1=CC=CC1.CC1=CC=CC1.[Co]. The van der Waals surface area contributed by atoms with Crippen LogP contribution in [0.3, 0.4) is 0 Å². The van der Waals surface area contributed by atoms with Crippen LogP contribution < -0.4 is 0 Å². The topological polar surface area (TPSA) is 0 Å². The molecule has 0 unspecified atom stereocenters. The minimum Gasteiger partial charge on any atom is -0.0805 e. The first kappa shape index (κ1) is 12.5. The van der Waals surface area contributed by atoms with Gasteiger partial charge in [-0.2, -0.15) is 0 Å². The maximum absolute atomic E-state index is 2.16. The predicted molar refractivity (Wildman–Crippen MR) is 55.0 cm³/mol. The summed E-state index contributed by atoms with van der Waals surface area (Å²) in [6.45, 7) is 4.28. The van der Waals surface area contributed by atoms with Crippen LogP contribution in [-0.4, -0.2) is 0 Å². The van der Waals surface area contributed by atoms with E-state index >= 15 is 0 Å². The van der Waals surface area contributed by atoms with E-state index in [9.17, 15) is 0 Å². The molecule has 0 aromatic rings. The Bertz CT molecular complexity index is 226. The Morgan fingerprint density at radius 3 is 1.31 bits per heavy atom. The van der Waals surface area contributed by atoms with Gasteiger partial charge in [-0.15, -0.1) is 0 Å². The summed E-state index contributed by atoms with van der Waals surface area (Å²) in [4.78, 5) is 0. The van der Waals surface area contributed by atoms with Gasteiger partial charge in [-0.05, 0) is 26.7 Å². The number of allylic oxidation sites excluding steroid dienone is 8. The molecular formula is C12H16Co. The number of rotatable bonds is 0. The van der Waals surface area contributed by atoms with Crippen LogP contribution in [0.15, 0.2) is 47.6 Å². The van der Waals surface area contributed by atoms with Crippen molar-refractivity contribution in [3.05, 3.63) is 47.6 Å². The van der Waals surface area contributed by atoms with Gasteiger partial charge in [0.2, 0.25) is 0 Å². The van der Waals surface area contributed by atoms with Crippen molar-refractivity contribution < 1.29 is 16.8 Å². The zero-order valence-corrected chi connectivity index (χ0v) is 9.25. The van der Waals surface area contributed by atoms with Gasteiger partial charge in [0.25, 0.3) is 0 Å². The van der Waals surface area contributed by atoms with Gasteiger partial charge in [0.05, 0.1) is 0 Å². The molecule has 73 valence electrons. The fourth-order valence-corrected chi connectivity index (χ4v) is 1.11. The van der Waals surface area contributed by atoms with E-state index in [2.05, 4.69) is 50.3 Å². The molecule has 0 bridgehead atoms. The Balaban J connectivity index is 0.000000206. The molecule has 2 aliphatic carbocycles. The molecule has 1 radical (unpaired) electrons. The molecular weight excluding hydrogens is 203 g/mol. The van der Waals surface area contributed by atoms with Crippen LogP contribution in [0.5, 0.6) is 0 Å². The number of hydrogen-bond acceptors (Lipinski definition) is 0. The van der Waals surface area contributed by atoms with Crippen LogP contribution in [0.25, 0.3) is 0 Å². The Morgan fingerprint density at radius 2 is 1.23 bits per heavy atom. The summed E-state index contributed by atoms with van der Waals surface area (Å²) in [5.74, 6) is 0. The molecule has 0 nitrogen and oxygen atoms in total. The molecule has 0 N–H and O–H groups in total. The summed E-state index contributed by atoms with van der Waals surface area (Å²) in [6.07, 6.45) is 15.1. The Morgan fingerprint density at radius 1 is 0.846 bits per heavy atom. The van der Waals surface area contributed by atoms with E-state index in [0.29, 0.717) is 0 Å².